The van der Waals surface area contributed by atoms with E-state index >= 15 is 0 Å². The molecule has 0 spiro atoms. The maximum Gasteiger partial charge on any atom is 1.00 e. The van der Waals surface area contributed by atoms with Gasteiger partial charge in [0.25, 0.3) is 11.8 Å². The van der Waals surface area contributed by atoms with Crippen LogP contribution in [0.2, 0.25) is 0 Å². The van der Waals surface area contributed by atoms with Crippen LogP contribution in [0.1, 0.15) is 11.3 Å². The smallest absolute Gasteiger partial charge is 0.731 e. The van der Waals surface area contributed by atoms with Gasteiger partial charge < -0.3 is 19.4 Å². The minimum Gasteiger partial charge on any atom is -0.731 e. The van der Waals surface area contributed by atoms with Crippen LogP contribution in [-0.4, -0.2) is 91.7 Å². The van der Waals surface area contributed by atoms with Crippen LogP contribution in [0.4, 0.5) is 0 Å². The molecule has 1 N–H and O–H groups in total. The van der Waals surface area contributed by atoms with E-state index in [0.29, 0.717) is 24.7 Å². The van der Waals surface area contributed by atoms with Crippen LogP contribution in [0.3, 0.4) is 0 Å². The molecule has 3 rings (SSSR count). The predicted octanol–water partition coefficient (Wildman–Crippen LogP) is -4.02. The number of morpholine rings is 1. The molecule has 2 aliphatic rings. The Morgan fingerprint density at radius 1 is 1.40 bits per heavy atom. The van der Waals surface area contributed by atoms with Gasteiger partial charge in [-0.25, -0.2) is 12.7 Å². The van der Waals surface area contributed by atoms with Crippen molar-refractivity contribution in [1.29, 1.82) is 0 Å². The molecule has 1 atom stereocenters. The minimum atomic E-state index is -4.86. The first kappa shape index (κ1) is 25.2. The molecule has 1 aromatic rings. The zero-order chi connectivity index (χ0) is 20.9. The summed E-state index contributed by atoms with van der Waals surface area (Å²) in [6.45, 7) is 3.92. The van der Waals surface area contributed by atoms with Gasteiger partial charge in [0.15, 0.2) is 16.0 Å². The number of nitrogens with one attached hydrogen (secondary N) is 1. The molecular formula is C16H21N4NaO7S2. The second-order valence-electron chi connectivity index (χ2n) is 6.41. The van der Waals surface area contributed by atoms with Crippen molar-refractivity contribution in [2.24, 2.45) is 5.16 Å². The van der Waals surface area contributed by atoms with Crippen molar-refractivity contribution in [1.82, 2.24) is 14.5 Å². The van der Waals surface area contributed by atoms with Gasteiger partial charge in [-0.05, 0) is 17.9 Å². The Morgan fingerprint density at radius 3 is 2.73 bits per heavy atom. The van der Waals surface area contributed by atoms with Crippen LogP contribution in [0.5, 0.6) is 0 Å². The molecule has 160 valence electrons. The third-order valence-corrected chi connectivity index (χ3v) is 6.15. The Bertz CT molecular complexity index is 857. The first-order valence-corrected chi connectivity index (χ1v) is 11.2. The zero-order valence-electron chi connectivity index (χ0n) is 16.5. The van der Waals surface area contributed by atoms with Gasteiger partial charge in [-0.1, -0.05) is 11.2 Å². The quantitative estimate of drug-likeness (QED) is 0.0965. The summed E-state index contributed by atoms with van der Waals surface area (Å²) >= 11 is 1.27. The van der Waals surface area contributed by atoms with Crippen LogP contribution in [0, 0.1) is 0 Å². The van der Waals surface area contributed by atoms with E-state index in [-0.39, 0.29) is 39.6 Å². The Labute approximate surface area is 200 Å². The minimum absolute atomic E-state index is 0. The average Bonchev–Trinajstić information content (AvgIpc) is 3.21. The second-order valence-corrected chi connectivity index (χ2v) is 8.66. The molecule has 0 saturated carbocycles. The van der Waals surface area contributed by atoms with Crippen molar-refractivity contribution in [3.05, 3.63) is 22.4 Å². The molecule has 14 heteroatoms. The van der Waals surface area contributed by atoms with E-state index in [1.54, 1.807) is 17.5 Å². The van der Waals surface area contributed by atoms with Crippen LogP contribution in [0.15, 0.2) is 22.7 Å². The summed E-state index contributed by atoms with van der Waals surface area (Å²) in [5, 5.41) is 8.07. The number of oxime groups is 1. The van der Waals surface area contributed by atoms with Crippen LogP contribution < -0.4 is 34.9 Å². The molecule has 2 aliphatic heterocycles. The van der Waals surface area contributed by atoms with Crippen LogP contribution in [0.25, 0.3) is 0 Å². The van der Waals surface area contributed by atoms with Crippen molar-refractivity contribution in [3.8, 4) is 0 Å². The number of carbonyl (C=O) groups is 2. The van der Waals surface area contributed by atoms with E-state index < -0.39 is 34.7 Å². The molecule has 1 aromatic heterocycles. The summed E-state index contributed by atoms with van der Waals surface area (Å²) in [4.78, 5) is 32.4. The van der Waals surface area contributed by atoms with Crippen LogP contribution in [-0.2, 0) is 29.5 Å². The van der Waals surface area contributed by atoms with Gasteiger partial charge in [0.2, 0.25) is 0 Å². The van der Waals surface area contributed by atoms with Crippen molar-refractivity contribution in [2.75, 3.05) is 46.0 Å². The van der Waals surface area contributed by atoms with Crippen molar-refractivity contribution in [3.63, 3.8) is 0 Å². The van der Waals surface area contributed by atoms with E-state index in [1.165, 1.54) is 11.3 Å². The standard InChI is InChI=1S/C16H22N4O7S2.Na/c21-15(17-12-11-20(16(12)22)29(23,24)25)14(13-3-1-10-28-13)18-27-7-2-4-19-5-8-26-9-6-19;/h1,3,10,12H,2,4-9,11H2,(H,17,21)(H,23,24,25);/q;+1/p-1. The summed E-state index contributed by atoms with van der Waals surface area (Å²) in [5.74, 6) is -1.65. The fourth-order valence-corrected chi connectivity index (χ4v) is 4.21. The molecule has 11 nitrogen and oxygen atoms in total. The van der Waals surface area contributed by atoms with E-state index in [4.69, 9.17) is 9.57 Å². The van der Waals surface area contributed by atoms with Gasteiger partial charge >= 0.3 is 29.6 Å². The topological polar surface area (TPSA) is 141 Å². The first-order valence-electron chi connectivity index (χ1n) is 8.98. The van der Waals surface area contributed by atoms with E-state index in [2.05, 4.69) is 15.4 Å². The molecule has 0 radical (unpaired) electrons. The van der Waals surface area contributed by atoms with Gasteiger partial charge in [-0.15, -0.1) is 11.3 Å². The molecule has 0 aromatic carbocycles. The van der Waals surface area contributed by atoms with Gasteiger partial charge in [0.05, 0.1) is 24.6 Å². The fraction of sp³-hybridized carbons (Fsp3) is 0.562. The number of hydrogen-bond donors (Lipinski definition) is 1. The monoisotopic (exact) mass is 468 g/mol. The Morgan fingerprint density at radius 2 is 2.13 bits per heavy atom. The zero-order valence-corrected chi connectivity index (χ0v) is 20.1. The van der Waals surface area contributed by atoms with Crippen molar-refractivity contribution in [2.45, 2.75) is 12.5 Å². The molecule has 1 unspecified atom stereocenters. The third-order valence-electron chi connectivity index (χ3n) is 4.41. The van der Waals surface area contributed by atoms with Crippen LogP contribution >= 0.6 is 11.3 Å². The molecule has 0 aliphatic carbocycles. The molecule has 3 heterocycles. The second kappa shape index (κ2) is 11.5. The largest absolute Gasteiger partial charge is 1.00 e. The molecule has 2 fully saturated rings. The maximum absolute atomic E-state index is 12.5. The number of hydrogen-bond acceptors (Lipinski definition) is 10. The van der Waals surface area contributed by atoms with Crippen molar-refractivity contribution < 1.29 is 61.7 Å². The number of amides is 2. The fourth-order valence-electron chi connectivity index (χ4n) is 2.83. The predicted molar refractivity (Wildman–Crippen MR) is 102 cm³/mol. The Hall–Kier alpha value is -1.06. The summed E-state index contributed by atoms with van der Waals surface area (Å²) in [5.41, 5.74) is -0.0115. The normalized spacial score (nSPS) is 20.3. The third kappa shape index (κ3) is 6.72. The summed E-state index contributed by atoms with van der Waals surface area (Å²) in [7, 11) is -4.86. The number of ether oxygens (including phenoxy) is 1. The molecule has 2 saturated heterocycles. The van der Waals surface area contributed by atoms with E-state index in [1.807, 2.05) is 0 Å². The van der Waals surface area contributed by atoms with Crippen molar-refractivity contribution >= 4 is 39.2 Å². The number of carbonyl (C=O) groups excluding carboxylic acids is 2. The Kier molecular flexibility index (Phi) is 9.68. The number of thiophene rings is 1. The molecular weight excluding hydrogens is 447 g/mol. The van der Waals surface area contributed by atoms with E-state index in [0.717, 1.165) is 26.1 Å². The summed E-state index contributed by atoms with van der Waals surface area (Å²) in [6.07, 6.45) is 0.722. The van der Waals surface area contributed by atoms with E-state index in [9.17, 15) is 22.6 Å². The Balaban J connectivity index is 0.00000320. The summed E-state index contributed by atoms with van der Waals surface area (Å²) in [6, 6.07) is 2.33. The molecule has 2 amide bonds. The maximum atomic E-state index is 12.5. The first-order chi connectivity index (χ1) is 13.9. The number of β-lactam (4-membered cyclic amide) rings is 1. The number of nitrogens with zero attached hydrogens (tertiary/aromatic N) is 3. The average molecular weight is 468 g/mol. The van der Waals surface area contributed by atoms with Gasteiger partial charge in [-0.3, -0.25) is 14.5 Å². The van der Waals surface area contributed by atoms with Gasteiger partial charge in [0.1, 0.15) is 12.6 Å². The SMILES string of the molecule is O=C(NC1CN(S(=O)(=O)[O-])C1=O)C(=NOCCCN1CCOCC1)c1cccs1.[Na+]. The number of rotatable bonds is 9. The molecule has 0 bridgehead atoms. The van der Waals surface area contributed by atoms with Gasteiger partial charge in [-0.2, -0.15) is 0 Å². The summed E-state index contributed by atoms with van der Waals surface area (Å²) < 4.78 is 38.1. The van der Waals surface area contributed by atoms with Gasteiger partial charge in [0, 0.05) is 19.6 Å². The molecule has 30 heavy (non-hydrogen) atoms.